The first-order valence-electron chi connectivity index (χ1n) is 10.3. The highest BCUT2D eigenvalue weighted by molar-refractivity contribution is 9.10. The zero-order valence-corrected chi connectivity index (χ0v) is 19.5. The van der Waals surface area contributed by atoms with Gasteiger partial charge in [0.2, 0.25) is 0 Å². The number of hydrogen-bond donors (Lipinski definition) is 1. The summed E-state index contributed by atoms with van der Waals surface area (Å²) >= 11 is 3.38. The van der Waals surface area contributed by atoms with Crippen molar-refractivity contribution in [1.82, 2.24) is 9.97 Å². The van der Waals surface area contributed by atoms with Crippen molar-refractivity contribution in [1.29, 1.82) is 0 Å². The quantitative estimate of drug-likeness (QED) is 0.266. The van der Waals surface area contributed by atoms with Gasteiger partial charge in [-0.2, -0.15) is 0 Å². The number of nitrogens with zero attached hydrogens (tertiary/aromatic N) is 2. The van der Waals surface area contributed by atoms with Crippen LogP contribution in [0.15, 0.2) is 123 Å². The van der Waals surface area contributed by atoms with Crippen LogP contribution < -0.4 is 4.65 Å². The second kappa shape index (κ2) is 11.8. The molecule has 4 heterocycles. The van der Waals surface area contributed by atoms with E-state index in [0.29, 0.717) is 13.4 Å². The second-order valence-corrected chi connectivity index (χ2v) is 7.83. The van der Waals surface area contributed by atoms with Gasteiger partial charge in [-0.1, -0.05) is 22.0 Å². The maximum Gasteiger partial charge on any atom is 0.569 e. The average molecular weight is 514 g/mol. The normalized spacial score (nSPS) is 10.1. The highest BCUT2D eigenvalue weighted by atomic mass is 79.9. The summed E-state index contributed by atoms with van der Waals surface area (Å²) in [6.07, 6.45) is 10.2. The van der Waals surface area contributed by atoms with Crippen molar-refractivity contribution >= 4 is 45.6 Å². The van der Waals surface area contributed by atoms with E-state index >= 15 is 0 Å². The molecule has 0 bridgehead atoms. The van der Waals surface area contributed by atoms with Crippen LogP contribution in [0.5, 0.6) is 5.75 Å². The van der Waals surface area contributed by atoms with Crippen molar-refractivity contribution in [3.8, 4) is 16.9 Å². The predicted octanol–water partition coefficient (Wildman–Crippen LogP) is 6.68. The van der Waals surface area contributed by atoms with Crippen LogP contribution in [-0.2, 0) is 0 Å². The van der Waals surface area contributed by atoms with Crippen molar-refractivity contribution in [3.05, 3.63) is 115 Å². The summed E-state index contributed by atoms with van der Waals surface area (Å²) in [5, 5.41) is 10.4. The Kier molecular flexibility index (Phi) is 8.10. The smallest absolute Gasteiger partial charge is 0.537 e. The van der Waals surface area contributed by atoms with E-state index in [9.17, 15) is 0 Å². The highest BCUT2D eigenvalue weighted by Crippen LogP contribution is 2.24. The minimum Gasteiger partial charge on any atom is -0.537 e. The summed E-state index contributed by atoms with van der Waals surface area (Å²) in [6, 6.07) is 23.3. The lowest BCUT2D eigenvalue weighted by molar-refractivity contribution is 0.453. The fraction of sp³-hybridized carbons (Fsp3) is 0. The number of furan rings is 2. The second-order valence-electron chi connectivity index (χ2n) is 6.92. The summed E-state index contributed by atoms with van der Waals surface area (Å²) in [5.74, 6) is 0.576. The van der Waals surface area contributed by atoms with Crippen LogP contribution >= 0.6 is 15.9 Å². The Morgan fingerprint density at radius 1 is 0.676 bits per heavy atom. The molecular weight excluding hydrogens is 495 g/mol. The molecule has 0 fully saturated rings. The van der Waals surface area contributed by atoms with Gasteiger partial charge >= 0.3 is 7.69 Å². The van der Waals surface area contributed by atoms with E-state index in [1.807, 2.05) is 48.5 Å². The first kappa shape index (κ1) is 23.3. The van der Waals surface area contributed by atoms with Gasteiger partial charge in [0.1, 0.15) is 16.9 Å². The fourth-order valence-electron chi connectivity index (χ4n) is 3.11. The summed E-state index contributed by atoms with van der Waals surface area (Å²) < 4.78 is 16.1. The third-order valence-electron chi connectivity index (χ3n) is 4.72. The molecule has 0 amide bonds. The number of aromatic nitrogens is 2. The molecule has 0 aliphatic carbocycles. The van der Waals surface area contributed by atoms with E-state index in [1.165, 1.54) is 11.1 Å². The van der Waals surface area contributed by atoms with Gasteiger partial charge < -0.3 is 18.5 Å². The Morgan fingerprint density at radius 3 is 1.91 bits per heavy atom. The molecule has 0 spiro atoms. The van der Waals surface area contributed by atoms with E-state index in [1.54, 1.807) is 49.4 Å². The molecule has 0 saturated heterocycles. The summed E-state index contributed by atoms with van der Waals surface area (Å²) in [6.45, 7) is 0. The molecule has 0 aliphatic rings. The van der Waals surface area contributed by atoms with Crippen LogP contribution in [0, 0.1) is 0 Å². The maximum absolute atomic E-state index is 8.15. The Bertz CT molecular complexity index is 1440. The number of hydrogen-bond acceptors (Lipinski definition) is 6. The van der Waals surface area contributed by atoms with Gasteiger partial charge in [-0.15, -0.1) is 0 Å². The van der Waals surface area contributed by atoms with Crippen molar-refractivity contribution in [2.75, 3.05) is 0 Å². The van der Waals surface area contributed by atoms with Crippen molar-refractivity contribution in [3.63, 3.8) is 0 Å². The van der Waals surface area contributed by atoms with Gasteiger partial charge in [0.15, 0.2) is 0 Å². The summed E-state index contributed by atoms with van der Waals surface area (Å²) in [7, 11) is 0.634. The Morgan fingerprint density at radius 2 is 1.26 bits per heavy atom. The highest BCUT2D eigenvalue weighted by Gasteiger charge is 2.00. The lowest BCUT2D eigenvalue weighted by Crippen LogP contribution is -1.98. The van der Waals surface area contributed by atoms with Gasteiger partial charge in [0.25, 0.3) is 0 Å². The average Bonchev–Trinajstić information content (AvgIpc) is 3.55. The third kappa shape index (κ3) is 6.34. The lowest BCUT2D eigenvalue weighted by atomic mass is 10.1. The first-order chi connectivity index (χ1) is 16.7. The molecule has 0 saturated carbocycles. The molecule has 1 radical (unpaired) electrons. The minimum absolute atomic E-state index is 0.576. The summed E-state index contributed by atoms with van der Waals surface area (Å²) in [4.78, 5) is 7.76. The molecule has 2 aromatic carbocycles. The predicted molar refractivity (Wildman–Crippen MR) is 136 cm³/mol. The van der Waals surface area contributed by atoms with E-state index in [-0.39, 0.29) is 0 Å². The molecule has 6 nitrogen and oxygen atoms in total. The number of pyridine rings is 2. The molecule has 0 unspecified atom stereocenters. The number of halogens is 1. The Labute approximate surface area is 205 Å². The molecular formula is C26H19BBrN2O4. The zero-order chi connectivity index (χ0) is 23.6. The Hall–Kier alpha value is -3.88. The molecule has 167 valence electrons. The van der Waals surface area contributed by atoms with Crippen molar-refractivity contribution in [2.24, 2.45) is 0 Å². The minimum atomic E-state index is 0.576. The number of rotatable bonds is 3. The Balaban J connectivity index is 0.000000127. The van der Waals surface area contributed by atoms with Crippen molar-refractivity contribution < 1.29 is 18.5 Å². The lowest BCUT2D eigenvalue weighted by Gasteiger charge is -2.00. The van der Waals surface area contributed by atoms with Gasteiger partial charge in [-0.25, -0.2) is 0 Å². The van der Waals surface area contributed by atoms with E-state index in [4.69, 9.17) is 13.9 Å². The fourth-order valence-corrected chi connectivity index (χ4v) is 3.48. The molecule has 1 N–H and O–H groups in total. The number of fused-ring (bicyclic) bond motifs is 2. The van der Waals surface area contributed by atoms with Gasteiger partial charge in [0, 0.05) is 40.0 Å². The molecule has 0 atom stereocenters. The monoisotopic (exact) mass is 513 g/mol. The molecule has 0 aliphatic heterocycles. The van der Waals surface area contributed by atoms with Crippen LogP contribution in [-0.4, -0.2) is 22.7 Å². The largest absolute Gasteiger partial charge is 0.569 e. The zero-order valence-electron chi connectivity index (χ0n) is 17.9. The topological polar surface area (TPSA) is 81.5 Å². The number of benzene rings is 2. The van der Waals surface area contributed by atoms with E-state index < -0.39 is 0 Å². The maximum atomic E-state index is 8.15. The van der Waals surface area contributed by atoms with Crippen LogP contribution in [0.2, 0.25) is 0 Å². The third-order valence-corrected chi connectivity index (χ3v) is 5.21. The van der Waals surface area contributed by atoms with Gasteiger partial charge in [-0.3, -0.25) is 9.97 Å². The molecule has 8 heteroatoms. The van der Waals surface area contributed by atoms with Gasteiger partial charge in [0.05, 0.1) is 12.5 Å². The molecule has 34 heavy (non-hydrogen) atoms. The molecule has 4 aromatic heterocycles. The van der Waals surface area contributed by atoms with E-state index in [0.717, 1.165) is 26.4 Å². The van der Waals surface area contributed by atoms with Crippen LogP contribution in [0.4, 0.5) is 0 Å². The van der Waals surface area contributed by atoms with Crippen LogP contribution in [0.3, 0.4) is 0 Å². The molecule has 6 aromatic rings. The van der Waals surface area contributed by atoms with Crippen molar-refractivity contribution in [2.45, 2.75) is 0 Å². The first-order valence-corrected chi connectivity index (χ1v) is 11.1. The van der Waals surface area contributed by atoms with E-state index in [2.05, 4.69) is 42.7 Å². The van der Waals surface area contributed by atoms with Crippen LogP contribution in [0.1, 0.15) is 0 Å². The SMILES string of the molecule is Brc1ccc2occc2c1.O[B]Oc1ccncc1.c1cc(-c2ccc3occc3c2)ccn1. The summed E-state index contributed by atoms with van der Waals surface area (Å²) in [5.41, 5.74) is 4.22. The standard InChI is InChI=1S/C13H9NO.C8H5BrO.C5H5BNO2/c1-2-13-12(5-8-15-13)9-11(1)10-3-6-14-7-4-10;9-7-1-2-8-6(5-7)3-4-10-8;8-6-9-5-1-3-7-4-2-5/h1-9H;1-5H;1-4,8H. The van der Waals surface area contributed by atoms with Gasteiger partial charge in [-0.05, 0) is 77.9 Å². The van der Waals surface area contributed by atoms with Crippen LogP contribution in [0.25, 0.3) is 33.1 Å². The molecule has 6 rings (SSSR count).